The van der Waals surface area contributed by atoms with Crippen LogP contribution < -0.4 is 16.0 Å². The summed E-state index contributed by atoms with van der Waals surface area (Å²) in [6.07, 6.45) is -0.182. The maximum atomic E-state index is 12.8. The van der Waals surface area contributed by atoms with Crippen molar-refractivity contribution >= 4 is 29.8 Å². The van der Waals surface area contributed by atoms with Gasteiger partial charge in [-0.3, -0.25) is 9.59 Å². The predicted molar refractivity (Wildman–Crippen MR) is 196 cm³/mol. The zero-order valence-electron chi connectivity index (χ0n) is 30.6. The third-order valence-electron chi connectivity index (χ3n) is 8.18. The van der Waals surface area contributed by atoms with E-state index in [0.29, 0.717) is 18.4 Å². The third-order valence-corrected chi connectivity index (χ3v) is 8.18. The summed E-state index contributed by atoms with van der Waals surface area (Å²) in [5.41, 5.74) is 4.09. The van der Waals surface area contributed by atoms with Gasteiger partial charge in [0.25, 0.3) is 0 Å². The number of rotatable bonds is 13. The highest BCUT2D eigenvalue weighted by Gasteiger charge is 2.30. The van der Waals surface area contributed by atoms with Crippen molar-refractivity contribution < 1.29 is 38.5 Å². The lowest BCUT2D eigenvalue weighted by Crippen LogP contribution is -2.42. The molecule has 0 aliphatic heterocycles. The van der Waals surface area contributed by atoms with E-state index in [1.807, 2.05) is 24.3 Å². The normalized spacial score (nSPS) is 13.6. The van der Waals surface area contributed by atoms with E-state index in [9.17, 15) is 24.3 Å². The molecule has 0 radical (unpaired) electrons. The van der Waals surface area contributed by atoms with Gasteiger partial charge in [-0.05, 0) is 101 Å². The third kappa shape index (κ3) is 11.8. The maximum Gasteiger partial charge on any atom is 0.407 e. The zero-order chi connectivity index (χ0) is 37.3. The van der Waals surface area contributed by atoms with E-state index in [-0.39, 0.29) is 55.2 Å². The van der Waals surface area contributed by atoms with E-state index in [1.54, 1.807) is 60.6 Å². The van der Waals surface area contributed by atoms with Crippen LogP contribution in [0, 0.1) is 5.92 Å². The van der Waals surface area contributed by atoms with Crippen molar-refractivity contribution in [3.63, 3.8) is 0 Å². The molecule has 3 aromatic rings. The first-order chi connectivity index (χ1) is 24.0. The Labute approximate surface area is 300 Å². The molecule has 0 aromatic heterocycles. The van der Waals surface area contributed by atoms with E-state index in [1.165, 1.54) is 6.07 Å². The fraction of sp³-hybridized carbons (Fsp3) is 0.450. The van der Waals surface area contributed by atoms with Gasteiger partial charge in [-0.25, -0.2) is 9.59 Å². The number of amides is 3. The van der Waals surface area contributed by atoms with Crippen LogP contribution in [0.2, 0.25) is 0 Å². The van der Waals surface area contributed by atoms with Gasteiger partial charge in [-0.15, -0.1) is 0 Å². The lowest BCUT2D eigenvalue weighted by Gasteiger charge is -2.27. The molecule has 11 heteroatoms. The number of aromatic hydroxyl groups is 1. The molecule has 1 aliphatic rings. The molecular formula is C40H51N3O8. The molecule has 0 saturated heterocycles. The first kappa shape index (κ1) is 38.7. The summed E-state index contributed by atoms with van der Waals surface area (Å²) in [4.78, 5) is 50.7. The summed E-state index contributed by atoms with van der Waals surface area (Å²) < 4.78 is 16.5. The molecule has 0 saturated carbocycles. The molecule has 0 bridgehead atoms. The molecule has 4 rings (SSSR count). The number of phenolic OH excluding ortho intramolecular Hbond substituents is 1. The van der Waals surface area contributed by atoms with Crippen molar-refractivity contribution in [2.75, 3.05) is 18.5 Å². The molecule has 11 nitrogen and oxygen atoms in total. The Kier molecular flexibility index (Phi) is 12.7. The van der Waals surface area contributed by atoms with E-state index in [4.69, 9.17) is 14.2 Å². The molecular weight excluding hydrogens is 650 g/mol. The van der Waals surface area contributed by atoms with Crippen LogP contribution in [-0.2, 0) is 30.2 Å². The minimum absolute atomic E-state index is 0.0471. The fourth-order valence-corrected chi connectivity index (χ4v) is 5.99. The summed E-state index contributed by atoms with van der Waals surface area (Å²) in [5.74, 6) is -1.43. The Bertz CT molecular complexity index is 1660. The monoisotopic (exact) mass is 701 g/mol. The number of anilines is 1. The van der Waals surface area contributed by atoms with Gasteiger partial charge in [0.05, 0.1) is 11.6 Å². The molecule has 3 aromatic carbocycles. The van der Waals surface area contributed by atoms with E-state index < -0.39 is 35.3 Å². The number of hydrogen-bond donors (Lipinski definition) is 4. The van der Waals surface area contributed by atoms with Crippen LogP contribution in [0.4, 0.5) is 15.3 Å². The zero-order valence-corrected chi connectivity index (χ0v) is 30.6. The lowest BCUT2D eigenvalue weighted by atomic mass is 9.95. The minimum atomic E-state index is -0.716. The second-order valence-corrected chi connectivity index (χ2v) is 15.0. The van der Waals surface area contributed by atoms with Crippen LogP contribution in [0.25, 0.3) is 11.1 Å². The van der Waals surface area contributed by atoms with Crippen molar-refractivity contribution in [3.8, 4) is 16.9 Å². The van der Waals surface area contributed by atoms with Crippen molar-refractivity contribution in [1.82, 2.24) is 10.6 Å². The van der Waals surface area contributed by atoms with Crippen LogP contribution in [0.5, 0.6) is 5.75 Å². The van der Waals surface area contributed by atoms with Crippen LogP contribution in [0.15, 0.2) is 66.7 Å². The van der Waals surface area contributed by atoms with Crippen LogP contribution in [0.1, 0.15) is 90.3 Å². The maximum absolute atomic E-state index is 12.8. The number of carbonyl (C=O) groups excluding carboxylic acids is 4. The van der Waals surface area contributed by atoms with Gasteiger partial charge >= 0.3 is 18.2 Å². The predicted octanol–water partition coefficient (Wildman–Crippen LogP) is 7.45. The quantitative estimate of drug-likeness (QED) is 0.0621. The highest BCUT2D eigenvalue weighted by atomic mass is 16.6. The van der Waals surface area contributed by atoms with E-state index >= 15 is 0 Å². The number of phenols is 1. The Morgan fingerprint density at radius 1 is 0.824 bits per heavy atom. The number of hydrogen-bond acceptors (Lipinski definition) is 8. The van der Waals surface area contributed by atoms with Crippen molar-refractivity contribution in [1.29, 1.82) is 0 Å². The Balaban J connectivity index is 1.27. The SMILES string of the molecule is C[C@@H](C[C@H](Cc1ccc(O)c(NC(=O)CCCNC(=O)OCC2c3ccccc3-c3ccccc32)c1)NC(=O)OC(C)(C)C)C(=O)OC(C)(C)C. The fourth-order valence-electron chi connectivity index (χ4n) is 5.99. The number of alkyl carbamates (subject to hydrolysis) is 2. The Morgan fingerprint density at radius 3 is 2.04 bits per heavy atom. The van der Waals surface area contributed by atoms with Gasteiger partial charge in [0, 0.05) is 24.9 Å². The number of esters is 1. The first-order valence-corrected chi connectivity index (χ1v) is 17.4. The van der Waals surface area contributed by atoms with Crippen molar-refractivity contribution in [2.24, 2.45) is 5.92 Å². The first-order valence-electron chi connectivity index (χ1n) is 17.4. The average molecular weight is 702 g/mol. The molecule has 0 heterocycles. The van der Waals surface area contributed by atoms with Gasteiger partial charge < -0.3 is 35.3 Å². The Morgan fingerprint density at radius 2 is 1.43 bits per heavy atom. The Hall–Kier alpha value is -5.06. The average Bonchev–Trinajstić information content (AvgIpc) is 3.35. The van der Waals surface area contributed by atoms with E-state index in [2.05, 4.69) is 40.2 Å². The summed E-state index contributed by atoms with van der Waals surface area (Å²) in [7, 11) is 0. The number of nitrogens with one attached hydrogen (secondary N) is 3. The largest absolute Gasteiger partial charge is 0.506 e. The van der Waals surface area contributed by atoms with Crippen molar-refractivity contribution in [2.45, 2.75) is 97.3 Å². The molecule has 0 fully saturated rings. The van der Waals surface area contributed by atoms with Gasteiger partial charge in [-0.1, -0.05) is 61.5 Å². The molecule has 2 atom stereocenters. The van der Waals surface area contributed by atoms with Crippen LogP contribution >= 0.6 is 0 Å². The van der Waals surface area contributed by atoms with Gasteiger partial charge in [-0.2, -0.15) is 0 Å². The minimum Gasteiger partial charge on any atom is -0.506 e. The number of fused-ring (bicyclic) bond motifs is 3. The molecule has 0 spiro atoms. The molecule has 3 amide bonds. The second-order valence-electron chi connectivity index (χ2n) is 15.0. The van der Waals surface area contributed by atoms with E-state index in [0.717, 1.165) is 22.3 Å². The van der Waals surface area contributed by atoms with Gasteiger partial charge in [0.15, 0.2) is 0 Å². The van der Waals surface area contributed by atoms with Crippen LogP contribution in [-0.4, -0.2) is 59.6 Å². The number of benzene rings is 3. The summed E-state index contributed by atoms with van der Waals surface area (Å²) in [5, 5.41) is 18.8. The molecule has 1 aliphatic carbocycles. The highest BCUT2D eigenvalue weighted by molar-refractivity contribution is 5.92. The summed E-state index contributed by atoms with van der Waals surface area (Å²) in [6, 6.07) is 20.5. The smallest absolute Gasteiger partial charge is 0.407 e. The molecule has 51 heavy (non-hydrogen) atoms. The second kappa shape index (κ2) is 16.8. The van der Waals surface area contributed by atoms with Gasteiger partial charge in [0.2, 0.25) is 5.91 Å². The number of carbonyl (C=O) groups is 4. The lowest BCUT2D eigenvalue weighted by molar-refractivity contribution is -0.159. The van der Waals surface area contributed by atoms with Crippen LogP contribution in [0.3, 0.4) is 0 Å². The standard InChI is InChI=1S/C40H51N3O8/c1-25(36(46)50-39(2,3)4)21-27(42-38(48)51-40(5,6)7)22-26-18-19-34(44)33(23-26)43-35(45)17-12-20-41-37(47)49-24-32-30-15-10-8-13-28(30)29-14-9-11-16-31(29)32/h8-11,13-16,18-19,23,25,27,32,44H,12,17,20-22,24H2,1-7H3,(H,41,47)(H,42,48)(H,43,45)/t25-,27+/m0/s1. The van der Waals surface area contributed by atoms with Gasteiger partial charge in [0.1, 0.15) is 23.6 Å². The van der Waals surface area contributed by atoms with Crippen molar-refractivity contribution in [3.05, 3.63) is 83.4 Å². The summed E-state index contributed by atoms with van der Waals surface area (Å²) in [6.45, 7) is 12.8. The topological polar surface area (TPSA) is 152 Å². The highest BCUT2D eigenvalue weighted by Crippen LogP contribution is 2.44. The number of ether oxygens (including phenoxy) is 3. The molecule has 0 unspecified atom stereocenters. The molecule has 274 valence electrons. The summed E-state index contributed by atoms with van der Waals surface area (Å²) >= 11 is 0. The molecule has 4 N–H and O–H groups in total.